The Morgan fingerprint density at radius 3 is 1.13 bits per heavy atom. The van der Waals surface area contributed by atoms with Gasteiger partial charge in [0.2, 0.25) is 0 Å². The third-order valence-corrected chi connectivity index (χ3v) is 19.5. The summed E-state index contributed by atoms with van der Waals surface area (Å²) in [7, 11) is 0. The Morgan fingerprint density at radius 2 is 0.537 bits per heavy atom. The maximum Gasteiger partial charge on any atom is 0.0361 e. The van der Waals surface area contributed by atoms with E-state index in [1.807, 2.05) is 22.7 Å². The number of rotatable bonds is 7. The Kier molecular flexibility index (Phi) is 10.8. The van der Waals surface area contributed by atoms with Crippen LogP contribution in [0.4, 0.5) is 0 Å². The van der Waals surface area contributed by atoms with Crippen LogP contribution in [0.25, 0.3) is 172 Å². The lowest BCUT2D eigenvalue weighted by Gasteiger charge is -2.20. The van der Waals surface area contributed by atoms with E-state index in [9.17, 15) is 0 Å². The van der Waals surface area contributed by atoms with Crippen LogP contribution in [0, 0.1) is 0 Å². The second kappa shape index (κ2) is 18.8. The molecule has 0 saturated heterocycles. The largest absolute Gasteiger partial charge is 0.135 e. The summed E-state index contributed by atoms with van der Waals surface area (Å²) in [5.41, 5.74) is 17.4. The molecule has 0 radical (unpaired) electrons. The van der Waals surface area contributed by atoms with Crippen LogP contribution >= 0.6 is 22.7 Å². The zero-order valence-corrected chi connectivity index (χ0v) is 46.2. The maximum atomic E-state index is 2.49. The van der Waals surface area contributed by atoms with Crippen molar-refractivity contribution in [1.29, 1.82) is 0 Å². The first-order valence-electron chi connectivity index (χ1n) is 28.2. The summed E-state index contributed by atoms with van der Waals surface area (Å²) in [5.74, 6) is 0. The van der Waals surface area contributed by atoms with Crippen molar-refractivity contribution in [3.05, 3.63) is 291 Å². The number of fused-ring (bicyclic) bond motifs is 11. The topological polar surface area (TPSA) is 0 Å². The highest BCUT2D eigenvalue weighted by atomic mass is 32.1. The van der Waals surface area contributed by atoms with Crippen LogP contribution in [0.2, 0.25) is 0 Å². The number of benzene rings is 15. The molecule has 15 aromatic carbocycles. The van der Waals surface area contributed by atoms with Gasteiger partial charge in [0.05, 0.1) is 0 Å². The molecule has 0 nitrogen and oxygen atoms in total. The Morgan fingerprint density at radius 1 is 0.171 bits per heavy atom. The zero-order chi connectivity index (χ0) is 53.8. The van der Waals surface area contributed by atoms with Crippen LogP contribution in [-0.2, 0) is 0 Å². The van der Waals surface area contributed by atoms with Gasteiger partial charge in [-0.25, -0.2) is 0 Å². The molecule has 0 amide bonds. The number of hydrogen-bond acceptors (Lipinski definition) is 2. The monoisotopic (exact) mass is 1070 g/mol. The van der Waals surface area contributed by atoms with Crippen LogP contribution in [0.5, 0.6) is 0 Å². The van der Waals surface area contributed by atoms with Crippen LogP contribution in [0.15, 0.2) is 291 Å². The molecule has 2 aromatic heterocycles. The van der Waals surface area contributed by atoms with Crippen LogP contribution in [0.1, 0.15) is 0 Å². The predicted octanol–water partition coefficient (Wildman–Crippen LogP) is 23.9. The van der Waals surface area contributed by atoms with Crippen LogP contribution < -0.4 is 0 Å². The molecule has 2 heteroatoms. The van der Waals surface area contributed by atoms with Gasteiger partial charge in [0.25, 0.3) is 0 Å². The standard InChI is InChI=1S/C80H48S2/c1-2-16-49(17-3-1)51-32-37-53(38-33-51)75-59-20-6-9-23-62(59)77(63-24-10-7-21-60(63)75)68-27-14-31-73-80(68)67-45-43-58(48-74(67)82-73)57-42-44-65-70(47-57)78(69-28-15-30-72-79(69)66-26-12-13-29-71(66)81-72)64-25-11-8-22-61(64)76(65)54-39-34-52(35-40-54)56-41-36-50-18-4-5-19-55(50)46-56/h1-48H. The van der Waals surface area contributed by atoms with Crippen LogP contribution in [0.3, 0.4) is 0 Å². The normalized spacial score (nSPS) is 11.9. The van der Waals surface area contributed by atoms with E-state index >= 15 is 0 Å². The molecule has 380 valence electrons. The van der Waals surface area contributed by atoms with Gasteiger partial charge in [-0.15, -0.1) is 22.7 Å². The highest BCUT2D eigenvalue weighted by molar-refractivity contribution is 7.26. The predicted molar refractivity (Wildman–Crippen MR) is 358 cm³/mol. The highest BCUT2D eigenvalue weighted by Crippen LogP contribution is 2.51. The van der Waals surface area contributed by atoms with Crippen molar-refractivity contribution in [2.75, 3.05) is 0 Å². The molecule has 0 saturated carbocycles. The summed E-state index contributed by atoms with van der Waals surface area (Å²) in [5, 5.41) is 17.8. The van der Waals surface area contributed by atoms with Gasteiger partial charge < -0.3 is 0 Å². The fraction of sp³-hybridized carbons (Fsp3) is 0. The molecule has 0 spiro atoms. The summed E-state index contributed by atoms with van der Waals surface area (Å²) in [6.45, 7) is 0. The molecule has 82 heavy (non-hydrogen) atoms. The smallest absolute Gasteiger partial charge is 0.0361 e. The van der Waals surface area contributed by atoms with Gasteiger partial charge in [-0.1, -0.05) is 255 Å². The molecule has 0 atom stereocenters. The Hall–Kier alpha value is -9.96. The van der Waals surface area contributed by atoms with E-state index in [1.54, 1.807) is 0 Å². The van der Waals surface area contributed by atoms with Gasteiger partial charge in [-0.2, -0.15) is 0 Å². The van der Waals surface area contributed by atoms with E-state index in [0.717, 1.165) is 0 Å². The Bertz CT molecular complexity index is 5370. The van der Waals surface area contributed by atoms with Crippen molar-refractivity contribution >= 4 is 117 Å². The van der Waals surface area contributed by atoms with Crippen molar-refractivity contribution in [3.63, 3.8) is 0 Å². The van der Waals surface area contributed by atoms with Crippen LogP contribution in [-0.4, -0.2) is 0 Å². The maximum absolute atomic E-state index is 2.49. The van der Waals surface area contributed by atoms with E-state index in [0.29, 0.717) is 0 Å². The molecule has 0 bridgehead atoms. The van der Waals surface area contributed by atoms with Crippen molar-refractivity contribution in [1.82, 2.24) is 0 Å². The minimum atomic E-state index is 1.20. The molecule has 17 aromatic rings. The van der Waals surface area contributed by atoms with Gasteiger partial charge in [0, 0.05) is 40.3 Å². The van der Waals surface area contributed by atoms with Gasteiger partial charge in [-0.05, 0) is 168 Å². The average molecular weight is 1070 g/mol. The van der Waals surface area contributed by atoms with Gasteiger partial charge in [0.1, 0.15) is 0 Å². The molecular weight excluding hydrogens is 1030 g/mol. The molecule has 17 rings (SSSR count). The van der Waals surface area contributed by atoms with E-state index in [4.69, 9.17) is 0 Å². The summed E-state index contributed by atoms with van der Waals surface area (Å²) < 4.78 is 5.19. The lowest BCUT2D eigenvalue weighted by molar-refractivity contribution is 1.61. The number of hydrogen-bond donors (Lipinski definition) is 0. The first-order chi connectivity index (χ1) is 40.7. The Balaban J connectivity index is 0.844. The lowest BCUT2D eigenvalue weighted by Crippen LogP contribution is -1.92. The highest BCUT2D eigenvalue weighted by Gasteiger charge is 2.23. The van der Waals surface area contributed by atoms with Gasteiger partial charge in [-0.3, -0.25) is 0 Å². The molecular formula is C80H48S2. The molecule has 0 unspecified atom stereocenters. The Labute approximate surface area is 482 Å². The van der Waals surface area contributed by atoms with E-state index < -0.39 is 0 Å². The summed E-state index contributed by atoms with van der Waals surface area (Å²) in [4.78, 5) is 0. The number of thiophene rings is 2. The SMILES string of the molecule is c1ccc(-c2ccc(-c3c4ccccc4c(-c4cccc5sc6cc(-c7ccc8c(-c9ccc(-c%10ccc%11ccccc%11c%10)cc9)c9ccccc9c(-c9cccc%10sc%11ccccc%11c9%10)c8c7)ccc6c45)c4ccccc34)cc2)cc1. The first kappa shape index (κ1) is 46.9. The lowest BCUT2D eigenvalue weighted by atomic mass is 9.83. The molecule has 0 aliphatic heterocycles. The zero-order valence-electron chi connectivity index (χ0n) is 44.5. The minimum absolute atomic E-state index is 1.20. The summed E-state index contributed by atoms with van der Waals surface area (Å²) >= 11 is 3.78. The molecule has 0 N–H and O–H groups in total. The van der Waals surface area contributed by atoms with Crippen molar-refractivity contribution < 1.29 is 0 Å². The third-order valence-electron chi connectivity index (χ3n) is 17.3. The summed E-state index contributed by atoms with van der Waals surface area (Å²) in [6, 6.07) is 109. The quantitative estimate of drug-likeness (QED) is 0.140. The van der Waals surface area contributed by atoms with E-state index in [-0.39, 0.29) is 0 Å². The molecule has 2 heterocycles. The van der Waals surface area contributed by atoms with Crippen molar-refractivity contribution in [3.8, 4) is 77.9 Å². The summed E-state index contributed by atoms with van der Waals surface area (Å²) in [6.07, 6.45) is 0. The van der Waals surface area contributed by atoms with E-state index in [1.165, 1.54) is 172 Å². The second-order valence-corrected chi connectivity index (χ2v) is 23.9. The molecule has 0 fully saturated rings. The first-order valence-corrected chi connectivity index (χ1v) is 29.8. The fourth-order valence-corrected chi connectivity index (χ4v) is 15.8. The fourth-order valence-electron chi connectivity index (χ4n) is 13.5. The second-order valence-electron chi connectivity index (χ2n) is 21.7. The third kappa shape index (κ3) is 7.43. The van der Waals surface area contributed by atoms with E-state index in [2.05, 4.69) is 291 Å². The molecule has 0 aliphatic rings. The molecule has 0 aliphatic carbocycles. The van der Waals surface area contributed by atoms with Crippen molar-refractivity contribution in [2.45, 2.75) is 0 Å². The average Bonchev–Trinajstić information content (AvgIpc) is 4.28. The minimum Gasteiger partial charge on any atom is -0.135 e. The van der Waals surface area contributed by atoms with Crippen molar-refractivity contribution in [2.24, 2.45) is 0 Å². The van der Waals surface area contributed by atoms with Gasteiger partial charge >= 0.3 is 0 Å². The van der Waals surface area contributed by atoms with Gasteiger partial charge in [0.15, 0.2) is 0 Å².